The summed E-state index contributed by atoms with van der Waals surface area (Å²) in [7, 11) is 6.42. The second-order valence-corrected chi connectivity index (χ2v) is 5.49. The number of quaternary nitrogens is 1. The van der Waals surface area contributed by atoms with Crippen molar-refractivity contribution in [2.24, 2.45) is 0 Å². The summed E-state index contributed by atoms with van der Waals surface area (Å²) in [6.07, 6.45) is 0.843. The summed E-state index contributed by atoms with van der Waals surface area (Å²) in [5, 5.41) is 0. The van der Waals surface area contributed by atoms with Crippen LogP contribution in [0.5, 0.6) is 0 Å². The van der Waals surface area contributed by atoms with Crippen molar-refractivity contribution in [2.45, 2.75) is 32.7 Å². The molecule has 17 heavy (non-hydrogen) atoms. The fourth-order valence-corrected chi connectivity index (χ4v) is 0.852. The third-order valence-electron chi connectivity index (χ3n) is 3.11. The Morgan fingerprint density at radius 1 is 1.29 bits per heavy atom. The maximum absolute atomic E-state index is 11.2. The zero-order valence-electron chi connectivity index (χ0n) is 12.0. The van der Waals surface area contributed by atoms with E-state index in [-0.39, 0.29) is 51.2 Å². The molecule has 0 fully saturated rings. The second-order valence-electron chi connectivity index (χ2n) is 5.49. The van der Waals surface area contributed by atoms with E-state index in [0.717, 1.165) is 10.9 Å². The van der Waals surface area contributed by atoms with E-state index in [0.29, 0.717) is 12.2 Å². The summed E-state index contributed by atoms with van der Waals surface area (Å²) in [6.45, 7) is 9.99. The van der Waals surface area contributed by atoms with Crippen molar-refractivity contribution < 1.29 is 26.4 Å². The number of halogens is 1. The molecule has 0 aromatic rings. The fourth-order valence-electron chi connectivity index (χ4n) is 0.852. The van der Waals surface area contributed by atoms with E-state index >= 15 is 0 Å². The number of hydrogen-bond donors (Lipinski definition) is 0. The molecule has 5 heteroatoms. The summed E-state index contributed by atoms with van der Waals surface area (Å²) < 4.78 is 5.93. The fraction of sp³-hybridized carbons (Fsp3) is 0.750. The minimum absolute atomic E-state index is 0. The zero-order valence-corrected chi connectivity index (χ0v) is 18.2. The van der Waals surface area contributed by atoms with Crippen LogP contribution in [0.15, 0.2) is 12.2 Å². The number of nitrogens with zero attached hydrogens (tertiary/aromatic N) is 1. The Balaban J connectivity index is -0.000000980. The van der Waals surface area contributed by atoms with Gasteiger partial charge in [0, 0.05) is 12.0 Å². The van der Waals surface area contributed by atoms with Crippen LogP contribution in [0.2, 0.25) is 0 Å². The Hall–Kier alpha value is 0.382. The molecule has 0 heterocycles. The van der Waals surface area contributed by atoms with Crippen LogP contribution in [0.3, 0.4) is 0 Å². The van der Waals surface area contributed by atoms with Crippen LogP contribution in [0, 0.1) is 0 Å². The van der Waals surface area contributed by atoms with Crippen LogP contribution in [-0.4, -0.2) is 71.0 Å². The van der Waals surface area contributed by atoms with Crippen LogP contribution in [-0.2, 0) is 9.53 Å². The van der Waals surface area contributed by atoms with E-state index in [9.17, 15) is 4.79 Å². The predicted molar refractivity (Wildman–Crippen MR) is 71.0 cm³/mol. The molecule has 0 rings (SSSR count). The molecular formula is C12H26ClNO2Pb. The third kappa shape index (κ3) is 8.16. The molecule has 3 nitrogen and oxygen atoms in total. The van der Waals surface area contributed by atoms with Gasteiger partial charge in [0.05, 0.1) is 33.3 Å². The average Bonchev–Trinajstić information content (AvgIpc) is 2.01. The van der Waals surface area contributed by atoms with Crippen LogP contribution < -0.4 is 12.4 Å². The quantitative estimate of drug-likeness (QED) is 0.208. The molecule has 0 aliphatic rings. The first-order chi connectivity index (χ1) is 6.58. The summed E-state index contributed by atoms with van der Waals surface area (Å²) >= 11 is 0. The van der Waals surface area contributed by atoms with Crippen molar-refractivity contribution in [1.82, 2.24) is 0 Å². The van der Waals surface area contributed by atoms with E-state index < -0.39 is 0 Å². The van der Waals surface area contributed by atoms with Gasteiger partial charge < -0.3 is 21.6 Å². The molecule has 0 atom stereocenters. The van der Waals surface area contributed by atoms with E-state index in [2.05, 4.69) is 41.6 Å². The average molecular weight is 459 g/mol. The van der Waals surface area contributed by atoms with Crippen molar-refractivity contribution in [3.63, 3.8) is 0 Å². The number of rotatable bonds is 5. The molecule has 0 bridgehead atoms. The van der Waals surface area contributed by atoms with Gasteiger partial charge in [0.1, 0.15) is 0 Å². The van der Waals surface area contributed by atoms with Crippen molar-refractivity contribution in [1.29, 1.82) is 0 Å². The van der Waals surface area contributed by atoms with Crippen LogP contribution in [0.4, 0.5) is 0 Å². The van der Waals surface area contributed by atoms with Gasteiger partial charge in [-0.1, -0.05) is 6.58 Å². The molecular weight excluding hydrogens is 433 g/mol. The van der Waals surface area contributed by atoms with Gasteiger partial charge in [-0.25, -0.2) is 4.79 Å². The summed E-state index contributed by atoms with van der Waals surface area (Å²) in [5.74, 6) is -0.299. The topological polar surface area (TPSA) is 26.3 Å². The molecule has 0 saturated heterocycles. The Labute approximate surface area is 132 Å². The van der Waals surface area contributed by atoms with E-state index in [4.69, 9.17) is 4.74 Å². The number of esters is 1. The van der Waals surface area contributed by atoms with Crippen LogP contribution in [0.25, 0.3) is 0 Å². The van der Waals surface area contributed by atoms with Crippen LogP contribution in [0.1, 0.15) is 27.2 Å². The normalized spacial score (nSPS) is 10.9. The predicted octanol–water partition coefficient (Wildman–Crippen LogP) is -1.93. The summed E-state index contributed by atoms with van der Waals surface area (Å²) in [5.41, 5.74) is 0.549. The molecule has 0 aromatic heterocycles. The molecule has 0 N–H and O–H groups in total. The Morgan fingerprint density at radius 3 is 2.00 bits per heavy atom. The van der Waals surface area contributed by atoms with E-state index in [1.807, 2.05) is 0 Å². The number of carbonyl (C=O) groups excluding carboxylic acids is 1. The first kappa shape index (κ1) is 22.6. The first-order valence-electron chi connectivity index (χ1n) is 5.22. The van der Waals surface area contributed by atoms with Gasteiger partial charge in [-0.3, -0.25) is 0 Å². The molecule has 0 aliphatic heterocycles. The van der Waals surface area contributed by atoms with Gasteiger partial charge in [-0.15, -0.1) is 0 Å². The van der Waals surface area contributed by atoms with E-state index in [1.54, 1.807) is 6.92 Å². The van der Waals surface area contributed by atoms with Crippen molar-refractivity contribution in [3.05, 3.63) is 12.2 Å². The standard InChI is InChI=1S/C12H24NO2.ClH.Pb.2H/c1-10(2)11(14)15-9-8-12(3,4)13(5,6)7;;;;/h1,8-9H2,2-7H3;1H;;;/q+1;;;;/p-1. The minimum atomic E-state index is -0.299. The molecule has 0 aromatic carbocycles. The van der Waals surface area contributed by atoms with E-state index in [1.165, 1.54) is 0 Å². The molecule has 102 valence electrons. The van der Waals surface area contributed by atoms with Crippen molar-refractivity contribution in [2.75, 3.05) is 27.7 Å². The first-order valence-corrected chi connectivity index (χ1v) is 5.22. The van der Waals surface area contributed by atoms with Crippen molar-refractivity contribution >= 4 is 33.3 Å². The SMILES string of the molecule is C=C(C)C(=O)OCCC(C)(C)[N+](C)(C)C.[Cl-].[PbH2]. The molecule has 2 radical (unpaired) electrons. The van der Waals surface area contributed by atoms with Gasteiger partial charge in [-0.05, 0) is 20.8 Å². The van der Waals surface area contributed by atoms with Gasteiger partial charge in [0.15, 0.2) is 0 Å². The van der Waals surface area contributed by atoms with Gasteiger partial charge in [-0.2, -0.15) is 0 Å². The number of ether oxygens (including phenoxy) is 1. The van der Waals surface area contributed by atoms with Gasteiger partial charge >= 0.3 is 33.3 Å². The Bertz CT molecular complexity index is 260. The van der Waals surface area contributed by atoms with Gasteiger partial charge in [0.2, 0.25) is 0 Å². The molecule has 0 amide bonds. The molecule has 0 unspecified atom stereocenters. The van der Waals surface area contributed by atoms with Crippen LogP contribution >= 0.6 is 0 Å². The summed E-state index contributed by atoms with van der Waals surface area (Å²) in [4.78, 5) is 11.2. The maximum atomic E-state index is 11.2. The van der Waals surface area contributed by atoms with Crippen molar-refractivity contribution in [3.8, 4) is 0 Å². The molecule has 0 aliphatic carbocycles. The third-order valence-corrected chi connectivity index (χ3v) is 3.11. The summed E-state index contributed by atoms with van der Waals surface area (Å²) in [6, 6.07) is 0. The molecule has 0 spiro atoms. The number of carbonyl (C=O) groups is 1. The zero-order chi connectivity index (χ0) is 12.3. The Morgan fingerprint density at radius 2 is 1.71 bits per heavy atom. The second kappa shape index (κ2) is 8.48. The Kier molecular flexibility index (Phi) is 11.2. The number of hydrogen-bond acceptors (Lipinski definition) is 2. The monoisotopic (exact) mass is 459 g/mol. The molecule has 0 saturated carbocycles. The van der Waals surface area contributed by atoms with Gasteiger partial charge in [0.25, 0.3) is 0 Å².